The van der Waals surface area contributed by atoms with Gasteiger partial charge in [0, 0.05) is 25.6 Å². The van der Waals surface area contributed by atoms with Gasteiger partial charge >= 0.3 is 0 Å². The normalized spacial score (nSPS) is 22.9. The molecule has 0 bridgehead atoms. The van der Waals surface area contributed by atoms with E-state index in [2.05, 4.69) is 28.7 Å². The summed E-state index contributed by atoms with van der Waals surface area (Å²) in [4.78, 5) is 7.05. The Labute approximate surface area is 79.5 Å². The van der Waals surface area contributed by atoms with Crippen molar-refractivity contribution in [2.24, 2.45) is 5.16 Å². The first-order chi connectivity index (χ1) is 6.24. The summed E-state index contributed by atoms with van der Waals surface area (Å²) >= 11 is 0. The lowest BCUT2D eigenvalue weighted by Gasteiger charge is -2.22. The second-order valence-electron chi connectivity index (χ2n) is 3.40. The maximum Gasteiger partial charge on any atom is 0.226 e. The van der Waals surface area contributed by atoms with E-state index in [0.29, 0.717) is 18.5 Å². The minimum Gasteiger partial charge on any atom is -0.477 e. The van der Waals surface area contributed by atoms with Crippen LogP contribution in [0.15, 0.2) is 5.16 Å². The Morgan fingerprint density at radius 3 is 2.85 bits per heavy atom. The summed E-state index contributed by atoms with van der Waals surface area (Å²) in [6.07, 6.45) is 0.839. The van der Waals surface area contributed by atoms with E-state index in [0.717, 1.165) is 19.5 Å². The number of rotatable bonds is 2. The maximum absolute atomic E-state index is 5.41. The third-order valence-electron chi connectivity index (χ3n) is 2.18. The maximum atomic E-state index is 5.41. The highest BCUT2D eigenvalue weighted by atomic mass is 16.6. The molecule has 4 heteroatoms. The molecule has 0 spiro atoms. The molecule has 1 aliphatic heterocycles. The van der Waals surface area contributed by atoms with Crippen LogP contribution in [-0.2, 0) is 9.57 Å². The molecular formula is C9H18N2O2. The molecule has 0 saturated carbocycles. The SMILES string of the molecule is CO/N=C1/CCN(C(C)C)CCO1. The molecule has 0 radical (unpaired) electrons. The topological polar surface area (TPSA) is 34.1 Å². The second-order valence-corrected chi connectivity index (χ2v) is 3.40. The number of hydrogen-bond donors (Lipinski definition) is 0. The van der Waals surface area contributed by atoms with E-state index < -0.39 is 0 Å². The molecule has 1 heterocycles. The Morgan fingerprint density at radius 1 is 1.46 bits per heavy atom. The quantitative estimate of drug-likeness (QED) is 0.605. The van der Waals surface area contributed by atoms with Crippen LogP contribution in [0.1, 0.15) is 20.3 Å². The second kappa shape index (κ2) is 5.07. The summed E-state index contributed by atoms with van der Waals surface area (Å²) in [6, 6.07) is 0.575. The Kier molecular flexibility index (Phi) is 4.02. The Bertz CT molecular complexity index is 180. The standard InChI is InChI=1S/C9H18N2O2/c1-8(2)11-5-4-9(10-12-3)13-7-6-11/h8H,4-7H2,1-3H3/b10-9-. The molecule has 0 atom stereocenters. The van der Waals surface area contributed by atoms with Gasteiger partial charge in [-0.15, -0.1) is 0 Å². The van der Waals surface area contributed by atoms with Crippen LogP contribution in [0.4, 0.5) is 0 Å². The smallest absolute Gasteiger partial charge is 0.226 e. The largest absolute Gasteiger partial charge is 0.477 e. The van der Waals surface area contributed by atoms with E-state index in [1.165, 1.54) is 0 Å². The van der Waals surface area contributed by atoms with Crippen molar-refractivity contribution in [1.29, 1.82) is 0 Å². The van der Waals surface area contributed by atoms with E-state index in [-0.39, 0.29) is 0 Å². The van der Waals surface area contributed by atoms with Crippen molar-refractivity contribution in [2.75, 3.05) is 26.8 Å². The van der Waals surface area contributed by atoms with Crippen LogP contribution in [0.5, 0.6) is 0 Å². The van der Waals surface area contributed by atoms with Crippen LogP contribution in [0, 0.1) is 0 Å². The van der Waals surface area contributed by atoms with E-state index >= 15 is 0 Å². The molecule has 0 aromatic carbocycles. The minimum absolute atomic E-state index is 0.575. The molecule has 1 saturated heterocycles. The van der Waals surface area contributed by atoms with Gasteiger partial charge in [0.25, 0.3) is 0 Å². The molecule has 0 aromatic rings. The van der Waals surface area contributed by atoms with Crippen LogP contribution in [0.3, 0.4) is 0 Å². The van der Waals surface area contributed by atoms with Crippen LogP contribution in [-0.4, -0.2) is 43.6 Å². The Morgan fingerprint density at radius 2 is 2.23 bits per heavy atom. The van der Waals surface area contributed by atoms with Gasteiger partial charge in [-0.3, -0.25) is 4.90 Å². The van der Waals surface area contributed by atoms with Gasteiger partial charge in [-0.2, -0.15) is 0 Å². The van der Waals surface area contributed by atoms with Crippen molar-refractivity contribution in [1.82, 2.24) is 4.90 Å². The molecule has 1 rings (SSSR count). The zero-order chi connectivity index (χ0) is 9.68. The zero-order valence-electron chi connectivity index (χ0n) is 8.62. The van der Waals surface area contributed by atoms with Crippen molar-refractivity contribution in [3.63, 3.8) is 0 Å². The fourth-order valence-corrected chi connectivity index (χ4v) is 1.39. The monoisotopic (exact) mass is 186 g/mol. The molecule has 76 valence electrons. The lowest BCUT2D eigenvalue weighted by molar-refractivity contribution is 0.179. The molecule has 13 heavy (non-hydrogen) atoms. The number of hydrogen-bond acceptors (Lipinski definition) is 4. The predicted molar refractivity (Wildman–Crippen MR) is 51.7 cm³/mol. The van der Waals surface area contributed by atoms with Crippen LogP contribution < -0.4 is 0 Å². The van der Waals surface area contributed by atoms with Crippen molar-refractivity contribution in [3.8, 4) is 0 Å². The first kappa shape index (κ1) is 10.3. The van der Waals surface area contributed by atoms with Gasteiger partial charge in [0.05, 0.1) is 0 Å². The average Bonchev–Trinajstić information content (AvgIpc) is 2.30. The first-order valence-corrected chi connectivity index (χ1v) is 4.71. The number of oxime groups is 1. The highest BCUT2D eigenvalue weighted by Crippen LogP contribution is 2.05. The summed E-state index contributed by atoms with van der Waals surface area (Å²) in [6.45, 7) is 7.07. The van der Waals surface area contributed by atoms with Crippen LogP contribution in [0.2, 0.25) is 0 Å². The third-order valence-corrected chi connectivity index (χ3v) is 2.18. The first-order valence-electron chi connectivity index (χ1n) is 4.71. The van der Waals surface area contributed by atoms with Crippen molar-refractivity contribution >= 4 is 5.90 Å². The fraction of sp³-hybridized carbons (Fsp3) is 0.889. The molecule has 0 unspecified atom stereocenters. The molecule has 0 amide bonds. The highest BCUT2D eigenvalue weighted by molar-refractivity contribution is 5.75. The van der Waals surface area contributed by atoms with Crippen molar-refractivity contribution in [2.45, 2.75) is 26.3 Å². The zero-order valence-corrected chi connectivity index (χ0v) is 8.62. The highest BCUT2D eigenvalue weighted by Gasteiger charge is 2.15. The van der Waals surface area contributed by atoms with Gasteiger partial charge in [-0.25, -0.2) is 0 Å². The van der Waals surface area contributed by atoms with E-state index in [1.807, 2.05) is 0 Å². The fourth-order valence-electron chi connectivity index (χ4n) is 1.39. The molecule has 1 aliphatic rings. The van der Waals surface area contributed by atoms with E-state index in [1.54, 1.807) is 7.11 Å². The Balaban J connectivity index is 2.44. The molecule has 0 aliphatic carbocycles. The van der Waals surface area contributed by atoms with Crippen LogP contribution >= 0.6 is 0 Å². The molecule has 1 fully saturated rings. The molecule has 0 aromatic heterocycles. The van der Waals surface area contributed by atoms with Gasteiger partial charge in [0.2, 0.25) is 5.90 Å². The van der Waals surface area contributed by atoms with Crippen molar-refractivity contribution in [3.05, 3.63) is 0 Å². The summed E-state index contributed by atoms with van der Waals surface area (Å²) in [7, 11) is 1.54. The Hall–Kier alpha value is -0.770. The summed E-state index contributed by atoms with van der Waals surface area (Å²) in [5.41, 5.74) is 0. The van der Waals surface area contributed by atoms with Gasteiger partial charge in [0.1, 0.15) is 13.7 Å². The summed E-state index contributed by atoms with van der Waals surface area (Å²) < 4.78 is 5.41. The van der Waals surface area contributed by atoms with Gasteiger partial charge in [-0.1, -0.05) is 5.16 Å². The third kappa shape index (κ3) is 3.22. The van der Waals surface area contributed by atoms with Gasteiger partial charge in [0.15, 0.2) is 0 Å². The lowest BCUT2D eigenvalue weighted by atomic mass is 10.3. The number of ether oxygens (including phenoxy) is 1. The van der Waals surface area contributed by atoms with E-state index in [9.17, 15) is 0 Å². The molecule has 4 nitrogen and oxygen atoms in total. The van der Waals surface area contributed by atoms with Crippen molar-refractivity contribution < 1.29 is 9.57 Å². The average molecular weight is 186 g/mol. The predicted octanol–water partition coefficient (Wildman–Crippen LogP) is 1.08. The number of nitrogens with zero attached hydrogens (tertiary/aromatic N) is 2. The summed E-state index contributed by atoms with van der Waals surface area (Å²) in [5.74, 6) is 0.714. The van der Waals surface area contributed by atoms with Gasteiger partial charge in [-0.05, 0) is 13.8 Å². The minimum atomic E-state index is 0.575. The lowest BCUT2D eigenvalue weighted by Crippen LogP contribution is -2.32. The summed E-state index contributed by atoms with van der Waals surface area (Å²) in [5, 5.41) is 3.81. The molecule has 0 N–H and O–H groups in total. The van der Waals surface area contributed by atoms with Crippen LogP contribution in [0.25, 0.3) is 0 Å². The molecular weight excluding hydrogens is 168 g/mol. The van der Waals surface area contributed by atoms with E-state index in [4.69, 9.17) is 4.74 Å². The van der Waals surface area contributed by atoms with Gasteiger partial charge < -0.3 is 9.57 Å².